The summed E-state index contributed by atoms with van der Waals surface area (Å²) in [5.74, 6) is -0.229. The van der Waals surface area contributed by atoms with Crippen molar-refractivity contribution in [3.05, 3.63) is 76.3 Å². The number of carbonyl (C=O) groups excluding carboxylic acids is 2. The number of hydrogen-bond acceptors (Lipinski definition) is 4. The molecular weight excluding hydrogens is 464 g/mol. The Morgan fingerprint density at radius 2 is 1.73 bits per heavy atom. The first-order chi connectivity index (χ1) is 14.5. The van der Waals surface area contributed by atoms with Crippen molar-refractivity contribution in [3.8, 4) is 5.75 Å². The number of benzene rings is 3. The molecule has 1 aliphatic heterocycles. The topological polar surface area (TPSA) is 58.6 Å². The number of rotatable bonds is 4. The molecule has 1 fully saturated rings. The Morgan fingerprint density at radius 3 is 2.43 bits per heavy atom. The molecule has 1 N–H and O–H groups in total. The smallest absolute Gasteiger partial charge is 0.270 e. The minimum absolute atomic E-state index is 0.0147. The van der Waals surface area contributed by atoms with Crippen molar-refractivity contribution >= 4 is 67.6 Å². The SMILES string of the molecule is CCOc1ccc(/C=C2/C(=O)NC(=S)N(c3ccc(Br)cc3)C2=O)c2ccccc12. The zero-order chi connectivity index (χ0) is 21.3. The maximum Gasteiger partial charge on any atom is 0.270 e. The predicted octanol–water partition coefficient (Wildman–Crippen LogP) is 4.83. The molecule has 0 aliphatic carbocycles. The van der Waals surface area contributed by atoms with Gasteiger partial charge in [0, 0.05) is 9.86 Å². The van der Waals surface area contributed by atoms with Crippen LogP contribution in [0.5, 0.6) is 5.75 Å². The summed E-state index contributed by atoms with van der Waals surface area (Å²) in [4.78, 5) is 27.1. The fourth-order valence-corrected chi connectivity index (χ4v) is 3.88. The van der Waals surface area contributed by atoms with Gasteiger partial charge >= 0.3 is 0 Å². The van der Waals surface area contributed by atoms with E-state index < -0.39 is 11.8 Å². The van der Waals surface area contributed by atoms with Crippen molar-refractivity contribution in [2.24, 2.45) is 0 Å². The maximum atomic E-state index is 13.2. The minimum Gasteiger partial charge on any atom is -0.493 e. The van der Waals surface area contributed by atoms with E-state index in [0.717, 1.165) is 26.6 Å². The van der Waals surface area contributed by atoms with Gasteiger partial charge in [-0.2, -0.15) is 0 Å². The van der Waals surface area contributed by atoms with E-state index in [-0.39, 0.29) is 10.7 Å². The monoisotopic (exact) mass is 480 g/mol. The van der Waals surface area contributed by atoms with E-state index in [1.165, 1.54) is 4.90 Å². The van der Waals surface area contributed by atoms with Crippen molar-refractivity contribution in [2.45, 2.75) is 6.92 Å². The van der Waals surface area contributed by atoms with Crippen molar-refractivity contribution in [1.82, 2.24) is 5.32 Å². The van der Waals surface area contributed by atoms with Crippen LogP contribution in [0.1, 0.15) is 12.5 Å². The highest BCUT2D eigenvalue weighted by molar-refractivity contribution is 9.10. The molecule has 0 spiro atoms. The Labute approximate surface area is 187 Å². The second kappa shape index (κ2) is 8.38. The molecule has 1 aliphatic rings. The summed E-state index contributed by atoms with van der Waals surface area (Å²) in [5, 5.41) is 4.48. The number of hydrogen-bond donors (Lipinski definition) is 1. The molecular formula is C23H17BrN2O3S. The van der Waals surface area contributed by atoms with Crippen LogP contribution in [0.3, 0.4) is 0 Å². The Morgan fingerprint density at radius 1 is 1.03 bits per heavy atom. The van der Waals surface area contributed by atoms with Gasteiger partial charge in [0.2, 0.25) is 0 Å². The van der Waals surface area contributed by atoms with E-state index in [0.29, 0.717) is 12.3 Å². The lowest BCUT2D eigenvalue weighted by atomic mass is 10.00. The van der Waals surface area contributed by atoms with Crippen LogP contribution in [0.2, 0.25) is 0 Å². The van der Waals surface area contributed by atoms with Gasteiger partial charge in [0.25, 0.3) is 11.8 Å². The number of ether oxygens (including phenoxy) is 1. The number of anilines is 1. The summed E-state index contributed by atoms with van der Waals surface area (Å²) in [7, 11) is 0. The average molecular weight is 481 g/mol. The number of nitrogens with zero attached hydrogens (tertiary/aromatic N) is 1. The first kappa shape index (κ1) is 20.3. The summed E-state index contributed by atoms with van der Waals surface area (Å²) >= 11 is 8.63. The Balaban J connectivity index is 1.80. The highest BCUT2D eigenvalue weighted by Gasteiger charge is 2.34. The number of carbonyl (C=O) groups is 2. The molecule has 3 aromatic rings. The van der Waals surface area contributed by atoms with Gasteiger partial charge in [-0.05, 0) is 66.5 Å². The molecule has 0 bridgehead atoms. The third-order valence-electron chi connectivity index (χ3n) is 4.70. The molecule has 30 heavy (non-hydrogen) atoms. The van der Waals surface area contributed by atoms with Gasteiger partial charge in [-0.25, -0.2) is 0 Å². The van der Waals surface area contributed by atoms with E-state index in [1.54, 1.807) is 18.2 Å². The van der Waals surface area contributed by atoms with E-state index in [4.69, 9.17) is 17.0 Å². The first-order valence-electron chi connectivity index (χ1n) is 9.31. The second-order valence-corrected chi connectivity index (χ2v) is 7.87. The van der Waals surface area contributed by atoms with Crippen molar-refractivity contribution < 1.29 is 14.3 Å². The quantitative estimate of drug-likeness (QED) is 0.330. The molecule has 5 nitrogen and oxygen atoms in total. The van der Waals surface area contributed by atoms with Gasteiger partial charge in [0.1, 0.15) is 11.3 Å². The van der Waals surface area contributed by atoms with Crippen LogP contribution in [0.25, 0.3) is 16.8 Å². The van der Waals surface area contributed by atoms with Gasteiger partial charge in [0.05, 0.1) is 12.3 Å². The lowest BCUT2D eigenvalue weighted by Crippen LogP contribution is -2.54. The molecule has 0 atom stereocenters. The number of nitrogens with one attached hydrogen (secondary N) is 1. The van der Waals surface area contributed by atoms with E-state index in [2.05, 4.69) is 21.2 Å². The first-order valence-corrected chi connectivity index (χ1v) is 10.5. The third-order valence-corrected chi connectivity index (χ3v) is 5.52. The Kier molecular flexibility index (Phi) is 5.65. The summed E-state index contributed by atoms with van der Waals surface area (Å²) < 4.78 is 6.59. The molecule has 0 saturated carbocycles. The lowest BCUT2D eigenvalue weighted by Gasteiger charge is -2.29. The van der Waals surface area contributed by atoms with Crippen LogP contribution in [-0.2, 0) is 9.59 Å². The number of halogens is 1. The summed E-state index contributed by atoms with van der Waals surface area (Å²) in [5.41, 5.74) is 1.34. The molecule has 0 aromatic heterocycles. The predicted molar refractivity (Wildman–Crippen MR) is 125 cm³/mol. The molecule has 3 aromatic carbocycles. The zero-order valence-corrected chi connectivity index (χ0v) is 18.4. The van der Waals surface area contributed by atoms with Crippen LogP contribution < -0.4 is 15.0 Å². The molecule has 2 amide bonds. The number of thiocarbonyl (C=S) groups is 1. The highest BCUT2D eigenvalue weighted by atomic mass is 79.9. The Bertz CT molecular complexity index is 1200. The van der Waals surface area contributed by atoms with Crippen LogP contribution in [0.15, 0.2) is 70.7 Å². The molecule has 7 heteroatoms. The maximum absolute atomic E-state index is 13.2. The Hall–Kier alpha value is -3.03. The number of amides is 2. The fourth-order valence-electron chi connectivity index (χ4n) is 3.34. The van der Waals surface area contributed by atoms with Gasteiger partial charge in [-0.1, -0.05) is 46.3 Å². The van der Waals surface area contributed by atoms with Crippen LogP contribution in [0.4, 0.5) is 5.69 Å². The van der Waals surface area contributed by atoms with Crippen LogP contribution in [-0.4, -0.2) is 23.5 Å². The van der Waals surface area contributed by atoms with Crippen LogP contribution in [0, 0.1) is 0 Å². The van der Waals surface area contributed by atoms with E-state index >= 15 is 0 Å². The normalized spacial score (nSPS) is 15.6. The highest BCUT2D eigenvalue weighted by Crippen LogP contribution is 2.31. The zero-order valence-electron chi connectivity index (χ0n) is 16.0. The molecule has 1 saturated heterocycles. The summed E-state index contributed by atoms with van der Waals surface area (Å²) in [6, 6.07) is 18.6. The second-order valence-electron chi connectivity index (χ2n) is 6.57. The van der Waals surface area contributed by atoms with Crippen LogP contribution >= 0.6 is 28.1 Å². The summed E-state index contributed by atoms with van der Waals surface area (Å²) in [6.07, 6.45) is 1.60. The third kappa shape index (κ3) is 3.74. The number of fused-ring (bicyclic) bond motifs is 1. The van der Waals surface area contributed by atoms with Gasteiger partial charge in [-0.3, -0.25) is 19.8 Å². The fraction of sp³-hybridized carbons (Fsp3) is 0.0870. The standard InChI is InChI=1S/C23H17BrN2O3S/c1-2-29-20-12-7-14(17-5-3-4-6-18(17)20)13-19-21(27)25-23(30)26(22(19)28)16-10-8-15(24)9-11-16/h3-13H,2H2,1H3,(H,25,27,30)/b19-13-. The van der Waals surface area contributed by atoms with E-state index in [9.17, 15) is 9.59 Å². The van der Waals surface area contributed by atoms with E-state index in [1.807, 2.05) is 55.5 Å². The minimum atomic E-state index is -0.517. The molecule has 0 unspecified atom stereocenters. The molecule has 150 valence electrons. The largest absolute Gasteiger partial charge is 0.493 e. The molecule has 0 radical (unpaired) electrons. The van der Waals surface area contributed by atoms with Crippen molar-refractivity contribution in [1.29, 1.82) is 0 Å². The van der Waals surface area contributed by atoms with Gasteiger partial charge in [0.15, 0.2) is 5.11 Å². The average Bonchev–Trinajstić information content (AvgIpc) is 2.74. The lowest BCUT2D eigenvalue weighted by molar-refractivity contribution is -0.122. The van der Waals surface area contributed by atoms with Gasteiger partial charge in [-0.15, -0.1) is 0 Å². The van der Waals surface area contributed by atoms with Crippen molar-refractivity contribution in [2.75, 3.05) is 11.5 Å². The molecule has 1 heterocycles. The molecule has 4 rings (SSSR count). The van der Waals surface area contributed by atoms with Crippen molar-refractivity contribution in [3.63, 3.8) is 0 Å². The summed E-state index contributed by atoms with van der Waals surface area (Å²) in [6.45, 7) is 2.47. The van der Waals surface area contributed by atoms with Gasteiger partial charge < -0.3 is 4.74 Å².